The minimum absolute atomic E-state index is 0.421. The van der Waals surface area contributed by atoms with Gasteiger partial charge in [-0.15, -0.1) is 0 Å². The van der Waals surface area contributed by atoms with Crippen molar-refractivity contribution in [3.63, 3.8) is 0 Å². The van der Waals surface area contributed by atoms with Crippen molar-refractivity contribution in [3.8, 4) is 5.69 Å². The first kappa shape index (κ1) is 21.4. The van der Waals surface area contributed by atoms with Crippen molar-refractivity contribution in [3.05, 3.63) is 47.3 Å². The Hall–Kier alpha value is -2.34. The lowest BCUT2D eigenvalue weighted by atomic mass is 10.1. The summed E-state index contributed by atoms with van der Waals surface area (Å²) in [6.45, 7) is 16.8. The third-order valence-electron chi connectivity index (χ3n) is 5.87. The van der Waals surface area contributed by atoms with Gasteiger partial charge in [0.15, 0.2) is 5.96 Å². The Morgan fingerprint density at radius 2 is 1.93 bits per heavy atom. The van der Waals surface area contributed by atoms with Gasteiger partial charge in [0.2, 0.25) is 0 Å². The molecule has 2 aromatic rings. The molecule has 0 bridgehead atoms. The molecule has 1 aliphatic rings. The number of nitrogens with zero attached hydrogens (tertiary/aromatic N) is 4. The number of para-hydroxylation sites is 1. The van der Waals surface area contributed by atoms with Crippen molar-refractivity contribution in [1.29, 1.82) is 0 Å². The van der Waals surface area contributed by atoms with Gasteiger partial charge in [0.05, 0.1) is 17.9 Å². The fourth-order valence-electron chi connectivity index (χ4n) is 3.99. The first-order valence-corrected chi connectivity index (χ1v) is 10.8. The molecule has 0 aliphatic carbocycles. The maximum atomic E-state index is 4.90. The smallest absolute Gasteiger partial charge is 0.191 e. The molecule has 1 fully saturated rings. The van der Waals surface area contributed by atoms with Crippen LogP contribution in [0.3, 0.4) is 0 Å². The molecule has 0 saturated carbocycles. The zero-order valence-electron chi connectivity index (χ0n) is 18.7. The van der Waals surface area contributed by atoms with E-state index in [-0.39, 0.29) is 0 Å². The second-order valence-corrected chi connectivity index (χ2v) is 8.37. The third-order valence-corrected chi connectivity index (χ3v) is 5.87. The van der Waals surface area contributed by atoms with Crippen LogP contribution in [-0.2, 0) is 6.54 Å². The summed E-state index contributed by atoms with van der Waals surface area (Å²) in [6.07, 6.45) is 0. The van der Waals surface area contributed by atoms with Crippen LogP contribution in [-0.4, -0.2) is 52.4 Å². The molecule has 0 spiro atoms. The predicted octanol–water partition coefficient (Wildman–Crippen LogP) is 3.27. The van der Waals surface area contributed by atoms with E-state index in [2.05, 4.69) is 69.2 Å². The summed E-state index contributed by atoms with van der Waals surface area (Å²) in [4.78, 5) is 7.43. The minimum atomic E-state index is 0.421. The molecule has 2 heterocycles. The molecule has 2 atom stereocenters. The molecule has 1 saturated heterocycles. The number of nitrogens with one attached hydrogen (secondary N) is 2. The lowest BCUT2D eigenvalue weighted by molar-refractivity contribution is 0.265. The third kappa shape index (κ3) is 4.99. The molecular formula is C23H36N6. The van der Waals surface area contributed by atoms with Gasteiger partial charge in [-0.3, -0.25) is 4.90 Å². The molecule has 1 aliphatic heterocycles. The van der Waals surface area contributed by atoms with Crippen LogP contribution in [0.4, 0.5) is 0 Å². The van der Waals surface area contributed by atoms with Gasteiger partial charge in [0, 0.05) is 43.0 Å². The maximum absolute atomic E-state index is 4.90. The van der Waals surface area contributed by atoms with Gasteiger partial charge in [-0.1, -0.05) is 25.1 Å². The van der Waals surface area contributed by atoms with Crippen molar-refractivity contribution in [2.45, 2.75) is 60.2 Å². The monoisotopic (exact) mass is 396 g/mol. The van der Waals surface area contributed by atoms with E-state index in [1.807, 2.05) is 22.9 Å². The summed E-state index contributed by atoms with van der Waals surface area (Å²) in [6, 6.07) is 11.3. The molecule has 6 heteroatoms. The molecule has 158 valence electrons. The van der Waals surface area contributed by atoms with Gasteiger partial charge < -0.3 is 10.6 Å². The Kier molecular flexibility index (Phi) is 6.96. The minimum Gasteiger partial charge on any atom is -0.357 e. The highest BCUT2D eigenvalue weighted by molar-refractivity contribution is 5.80. The number of likely N-dealkylation sites (tertiary alicyclic amines) is 1. The first-order chi connectivity index (χ1) is 13.9. The molecular weight excluding hydrogens is 360 g/mol. The topological polar surface area (TPSA) is 57.5 Å². The van der Waals surface area contributed by atoms with E-state index in [1.54, 1.807) is 0 Å². The van der Waals surface area contributed by atoms with Gasteiger partial charge in [-0.2, -0.15) is 5.10 Å². The number of aliphatic imine (C=N–C) groups is 1. The lowest BCUT2D eigenvalue weighted by Crippen LogP contribution is -2.46. The van der Waals surface area contributed by atoms with E-state index in [0.29, 0.717) is 24.5 Å². The molecule has 2 unspecified atom stereocenters. The second kappa shape index (κ2) is 9.44. The Morgan fingerprint density at radius 3 is 2.55 bits per heavy atom. The zero-order valence-corrected chi connectivity index (χ0v) is 18.7. The van der Waals surface area contributed by atoms with Crippen LogP contribution in [0.2, 0.25) is 0 Å². The zero-order chi connectivity index (χ0) is 21.0. The molecule has 1 aromatic carbocycles. The van der Waals surface area contributed by atoms with Crippen molar-refractivity contribution >= 4 is 5.96 Å². The molecule has 29 heavy (non-hydrogen) atoms. The number of aryl methyl sites for hydroxylation is 1. The highest BCUT2D eigenvalue weighted by atomic mass is 15.3. The molecule has 2 N–H and O–H groups in total. The van der Waals surface area contributed by atoms with Crippen LogP contribution in [0.1, 0.15) is 44.6 Å². The Bertz CT molecular complexity index is 823. The Balaban J connectivity index is 1.75. The summed E-state index contributed by atoms with van der Waals surface area (Å²) >= 11 is 0. The highest BCUT2D eigenvalue weighted by Crippen LogP contribution is 2.20. The molecule has 0 radical (unpaired) electrons. The average molecular weight is 397 g/mol. The maximum Gasteiger partial charge on any atom is 0.191 e. The second-order valence-electron chi connectivity index (χ2n) is 8.37. The van der Waals surface area contributed by atoms with E-state index in [4.69, 9.17) is 10.1 Å². The highest BCUT2D eigenvalue weighted by Gasteiger charge is 2.31. The summed E-state index contributed by atoms with van der Waals surface area (Å²) in [5.74, 6) is 1.49. The van der Waals surface area contributed by atoms with E-state index in [9.17, 15) is 0 Å². The number of guanidine groups is 1. The van der Waals surface area contributed by atoms with Gasteiger partial charge in [0.25, 0.3) is 0 Å². The SMILES string of the molecule is CCNC(=NCc1c(C)nn(-c2ccccc2)c1C)NC1CN(C(C)C)CC1C. The molecule has 3 rings (SSSR count). The predicted molar refractivity (Wildman–Crippen MR) is 121 cm³/mol. The Morgan fingerprint density at radius 1 is 1.21 bits per heavy atom. The number of hydrogen-bond acceptors (Lipinski definition) is 3. The number of benzene rings is 1. The number of rotatable bonds is 6. The molecule has 0 amide bonds. The van der Waals surface area contributed by atoms with Gasteiger partial charge in [-0.25, -0.2) is 9.67 Å². The van der Waals surface area contributed by atoms with E-state index >= 15 is 0 Å². The fourth-order valence-corrected chi connectivity index (χ4v) is 3.99. The molecule has 6 nitrogen and oxygen atoms in total. The molecule has 1 aromatic heterocycles. The quantitative estimate of drug-likeness (QED) is 0.581. The summed E-state index contributed by atoms with van der Waals surface area (Å²) in [7, 11) is 0. The van der Waals surface area contributed by atoms with Crippen LogP contribution < -0.4 is 10.6 Å². The Labute approximate surface area is 175 Å². The lowest BCUT2D eigenvalue weighted by Gasteiger charge is -2.22. The van der Waals surface area contributed by atoms with E-state index in [1.165, 1.54) is 5.56 Å². The van der Waals surface area contributed by atoms with Gasteiger partial charge >= 0.3 is 0 Å². The first-order valence-electron chi connectivity index (χ1n) is 10.8. The summed E-state index contributed by atoms with van der Waals surface area (Å²) < 4.78 is 2.01. The fraction of sp³-hybridized carbons (Fsp3) is 0.565. The van der Waals surface area contributed by atoms with Crippen molar-refractivity contribution in [1.82, 2.24) is 25.3 Å². The van der Waals surface area contributed by atoms with Crippen LogP contribution in [0.5, 0.6) is 0 Å². The average Bonchev–Trinajstić information content (AvgIpc) is 3.20. The van der Waals surface area contributed by atoms with Crippen molar-refractivity contribution < 1.29 is 0 Å². The normalized spacial score (nSPS) is 20.4. The number of hydrogen-bond donors (Lipinski definition) is 2. The van der Waals surface area contributed by atoms with Crippen molar-refractivity contribution in [2.24, 2.45) is 10.9 Å². The van der Waals surface area contributed by atoms with Crippen LogP contribution in [0.25, 0.3) is 5.69 Å². The van der Waals surface area contributed by atoms with Crippen molar-refractivity contribution in [2.75, 3.05) is 19.6 Å². The standard InChI is InChI=1S/C23H36N6/c1-7-24-23(26-22-15-28(16(2)3)14-17(22)4)25-13-21-18(5)27-29(19(21)6)20-11-9-8-10-12-20/h8-12,16-17,22H,7,13-15H2,1-6H3,(H2,24,25,26). The van der Waals surface area contributed by atoms with E-state index in [0.717, 1.165) is 42.7 Å². The van der Waals surface area contributed by atoms with Gasteiger partial charge in [0.1, 0.15) is 0 Å². The summed E-state index contributed by atoms with van der Waals surface area (Å²) in [5, 5.41) is 11.8. The van der Waals surface area contributed by atoms with Gasteiger partial charge in [-0.05, 0) is 52.7 Å². The summed E-state index contributed by atoms with van der Waals surface area (Å²) in [5.41, 5.74) is 4.45. The van der Waals surface area contributed by atoms with E-state index < -0.39 is 0 Å². The number of aromatic nitrogens is 2. The van der Waals surface area contributed by atoms with Crippen LogP contribution >= 0.6 is 0 Å². The van der Waals surface area contributed by atoms with Crippen LogP contribution in [0.15, 0.2) is 35.3 Å². The van der Waals surface area contributed by atoms with Crippen LogP contribution in [0, 0.1) is 19.8 Å². The largest absolute Gasteiger partial charge is 0.357 e.